The first-order chi connectivity index (χ1) is 17.9. The summed E-state index contributed by atoms with van der Waals surface area (Å²) >= 11 is 0. The van der Waals surface area contributed by atoms with Gasteiger partial charge in [0.15, 0.2) is 0 Å². The van der Waals surface area contributed by atoms with Crippen LogP contribution in [0.4, 0.5) is 5.69 Å². The second kappa shape index (κ2) is 10.5. The van der Waals surface area contributed by atoms with E-state index < -0.39 is 0 Å². The minimum atomic E-state index is -0.0991. The van der Waals surface area contributed by atoms with Gasteiger partial charge in [0.05, 0.1) is 25.3 Å². The van der Waals surface area contributed by atoms with Gasteiger partial charge in [0.2, 0.25) is 5.91 Å². The summed E-state index contributed by atoms with van der Waals surface area (Å²) in [5, 5.41) is 3.17. The van der Waals surface area contributed by atoms with Crippen molar-refractivity contribution in [3.05, 3.63) is 83.2 Å². The van der Waals surface area contributed by atoms with Gasteiger partial charge in [-0.25, -0.2) is 4.98 Å². The molecule has 3 aromatic carbocycles. The number of hydrogen-bond donors (Lipinski definition) is 1. The highest BCUT2D eigenvalue weighted by atomic mass is 16.5. The van der Waals surface area contributed by atoms with E-state index in [-0.39, 0.29) is 23.3 Å². The number of ether oxygens (including phenoxy) is 2. The van der Waals surface area contributed by atoms with Crippen LogP contribution in [0.3, 0.4) is 0 Å². The highest BCUT2D eigenvalue weighted by molar-refractivity contribution is 5.92. The molecule has 0 aliphatic carbocycles. The van der Waals surface area contributed by atoms with Gasteiger partial charge in [-0.15, -0.1) is 0 Å². The summed E-state index contributed by atoms with van der Waals surface area (Å²) in [7, 11) is 3.30. The maximum absolute atomic E-state index is 13.5. The minimum absolute atomic E-state index is 0.0374. The molecular weight excluding hydrogens is 474 g/mol. The summed E-state index contributed by atoms with van der Waals surface area (Å²) < 4.78 is 13.0. The monoisotopic (exact) mass is 513 g/mol. The molecule has 4 aromatic rings. The maximum atomic E-state index is 13.5. The van der Waals surface area contributed by atoms with Gasteiger partial charge in [-0.3, -0.25) is 4.79 Å². The molecule has 0 saturated carbocycles. The minimum Gasteiger partial charge on any atom is -0.497 e. The number of carbonyl (C=O) groups excluding carboxylic acids is 1. The van der Waals surface area contributed by atoms with Gasteiger partial charge >= 0.3 is 0 Å². The smallest absolute Gasteiger partial charge is 0.244 e. The maximum Gasteiger partial charge on any atom is 0.244 e. The number of carbonyl (C=O) groups is 1. The van der Waals surface area contributed by atoms with Crippen molar-refractivity contribution in [2.24, 2.45) is 0 Å². The molecular formula is C32H39N3O3. The number of fused-ring (bicyclic) bond motifs is 1. The van der Waals surface area contributed by atoms with E-state index in [0.717, 1.165) is 39.6 Å². The van der Waals surface area contributed by atoms with Crippen LogP contribution in [-0.4, -0.2) is 29.7 Å². The number of para-hydroxylation sites is 2. The fraction of sp³-hybridized carbons (Fsp3) is 0.375. The zero-order chi connectivity index (χ0) is 27.7. The van der Waals surface area contributed by atoms with Crippen molar-refractivity contribution >= 4 is 22.6 Å². The molecule has 0 spiro atoms. The standard InChI is InChI=1S/C32H39N3O3/c1-31(2,3)22-17-23(32(4,5)6)19-24(18-22)33-30(36)20-35-27-12-10-9-11-26(27)34-29(35)16-21-15-25(37-7)13-14-28(21)38-8/h9-15,17-19H,16,20H2,1-8H3,(H,33,36). The van der Waals surface area contributed by atoms with Crippen molar-refractivity contribution in [3.63, 3.8) is 0 Å². The molecule has 200 valence electrons. The summed E-state index contributed by atoms with van der Waals surface area (Å²) in [6, 6.07) is 20.0. The molecule has 1 N–H and O–H groups in total. The Kier molecular flexibility index (Phi) is 7.54. The molecule has 1 heterocycles. The molecule has 0 fully saturated rings. The Balaban J connectivity index is 1.68. The molecule has 1 amide bonds. The molecule has 0 atom stereocenters. The van der Waals surface area contributed by atoms with Crippen molar-refractivity contribution < 1.29 is 14.3 Å². The van der Waals surface area contributed by atoms with E-state index in [1.165, 1.54) is 11.1 Å². The fourth-order valence-electron chi connectivity index (χ4n) is 4.54. The molecule has 6 nitrogen and oxygen atoms in total. The van der Waals surface area contributed by atoms with Crippen LogP contribution in [0.2, 0.25) is 0 Å². The van der Waals surface area contributed by atoms with Crippen LogP contribution in [0.5, 0.6) is 11.5 Å². The largest absolute Gasteiger partial charge is 0.497 e. The molecule has 0 radical (unpaired) electrons. The molecule has 1 aromatic heterocycles. The van der Waals surface area contributed by atoms with Crippen molar-refractivity contribution in [2.45, 2.75) is 65.3 Å². The average molecular weight is 514 g/mol. The first-order valence-electron chi connectivity index (χ1n) is 13.0. The Labute approximate surface area is 226 Å². The summed E-state index contributed by atoms with van der Waals surface area (Å²) in [6.45, 7) is 13.3. The van der Waals surface area contributed by atoms with E-state index >= 15 is 0 Å². The van der Waals surface area contributed by atoms with Crippen LogP contribution < -0.4 is 14.8 Å². The SMILES string of the molecule is COc1ccc(OC)c(Cc2nc3ccccc3n2CC(=O)Nc2cc(C(C)(C)C)cc(C(C)(C)C)c2)c1. The fourth-order valence-corrected chi connectivity index (χ4v) is 4.54. The number of nitrogens with one attached hydrogen (secondary N) is 1. The van der Waals surface area contributed by atoms with Crippen LogP contribution in [0, 0.1) is 0 Å². The van der Waals surface area contributed by atoms with Gasteiger partial charge in [0.25, 0.3) is 0 Å². The molecule has 0 saturated heterocycles. The summed E-state index contributed by atoms with van der Waals surface area (Å²) in [4.78, 5) is 18.3. The van der Waals surface area contributed by atoms with E-state index in [4.69, 9.17) is 14.5 Å². The van der Waals surface area contributed by atoms with E-state index in [1.807, 2.05) is 47.0 Å². The average Bonchev–Trinajstić information content (AvgIpc) is 3.19. The topological polar surface area (TPSA) is 65.4 Å². The molecule has 4 rings (SSSR count). The summed E-state index contributed by atoms with van der Waals surface area (Å²) in [5.41, 5.74) is 5.83. The predicted molar refractivity (Wildman–Crippen MR) is 155 cm³/mol. The molecule has 0 aliphatic heterocycles. The van der Waals surface area contributed by atoms with E-state index in [9.17, 15) is 4.79 Å². The van der Waals surface area contributed by atoms with Gasteiger partial charge in [0, 0.05) is 17.7 Å². The predicted octanol–water partition coefficient (Wildman–Crippen LogP) is 6.88. The Hall–Kier alpha value is -3.80. The number of nitrogens with zero attached hydrogens (tertiary/aromatic N) is 2. The van der Waals surface area contributed by atoms with Gasteiger partial charge in [-0.1, -0.05) is 59.7 Å². The van der Waals surface area contributed by atoms with Crippen molar-refractivity contribution in [1.82, 2.24) is 9.55 Å². The van der Waals surface area contributed by atoms with Crippen molar-refractivity contribution in [3.8, 4) is 11.5 Å². The summed E-state index contributed by atoms with van der Waals surface area (Å²) in [6.07, 6.45) is 0.496. The summed E-state index contributed by atoms with van der Waals surface area (Å²) in [5.74, 6) is 2.18. The van der Waals surface area contributed by atoms with E-state index in [2.05, 4.69) is 65.1 Å². The Morgan fingerprint density at radius 2 is 1.53 bits per heavy atom. The Bertz CT molecular complexity index is 1420. The zero-order valence-corrected chi connectivity index (χ0v) is 23.8. The van der Waals surface area contributed by atoms with Crippen LogP contribution in [0.25, 0.3) is 11.0 Å². The van der Waals surface area contributed by atoms with Crippen LogP contribution >= 0.6 is 0 Å². The molecule has 0 bridgehead atoms. The van der Waals surface area contributed by atoms with E-state index in [0.29, 0.717) is 6.42 Å². The van der Waals surface area contributed by atoms with E-state index in [1.54, 1.807) is 14.2 Å². The second-order valence-corrected chi connectivity index (χ2v) is 11.8. The third-order valence-corrected chi connectivity index (χ3v) is 6.82. The first kappa shape index (κ1) is 27.2. The number of aromatic nitrogens is 2. The number of benzene rings is 3. The molecule has 38 heavy (non-hydrogen) atoms. The van der Waals surface area contributed by atoms with Crippen molar-refractivity contribution in [2.75, 3.05) is 19.5 Å². The van der Waals surface area contributed by atoms with Crippen LogP contribution in [0.15, 0.2) is 60.7 Å². The Morgan fingerprint density at radius 3 is 2.13 bits per heavy atom. The third kappa shape index (κ3) is 6.01. The first-order valence-corrected chi connectivity index (χ1v) is 13.0. The lowest BCUT2D eigenvalue weighted by Crippen LogP contribution is -2.22. The number of methoxy groups -OCH3 is 2. The van der Waals surface area contributed by atoms with Gasteiger partial charge in [-0.2, -0.15) is 0 Å². The van der Waals surface area contributed by atoms with Crippen molar-refractivity contribution in [1.29, 1.82) is 0 Å². The normalized spacial score (nSPS) is 12.0. The number of hydrogen-bond acceptors (Lipinski definition) is 4. The molecule has 6 heteroatoms. The highest BCUT2D eigenvalue weighted by Crippen LogP contribution is 2.32. The quantitative estimate of drug-likeness (QED) is 0.293. The molecule has 0 aliphatic rings. The third-order valence-electron chi connectivity index (χ3n) is 6.82. The van der Waals surface area contributed by atoms with Gasteiger partial charge < -0.3 is 19.4 Å². The lowest BCUT2D eigenvalue weighted by atomic mass is 9.80. The van der Waals surface area contributed by atoms with Gasteiger partial charge in [-0.05, 0) is 64.4 Å². The number of rotatable bonds is 7. The Morgan fingerprint density at radius 1 is 0.868 bits per heavy atom. The molecule has 0 unspecified atom stereocenters. The lowest BCUT2D eigenvalue weighted by Gasteiger charge is -2.26. The zero-order valence-electron chi connectivity index (χ0n) is 23.8. The van der Waals surface area contributed by atoms with Crippen LogP contribution in [0.1, 0.15) is 64.1 Å². The lowest BCUT2D eigenvalue weighted by molar-refractivity contribution is -0.116. The van der Waals surface area contributed by atoms with Crippen LogP contribution in [-0.2, 0) is 28.6 Å². The second-order valence-electron chi connectivity index (χ2n) is 11.8. The number of amides is 1. The highest BCUT2D eigenvalue weighted by Gasteiger charge is 2.22. The number of imidazole rings is 1. The number of anilines is 1. The van der Waals surface area contributed by atoms with Gasteiger partial charge in [0.1, 0.15) is 23.9 Å².